The van der Waals surface area contributed by atoms with Crippen molar-refractivity contribution in [3.8, 4) is 17.0 Å². The van der Waals surface area contributed by atoms with E-state index < -0.39 is 0 Å². The van der Waals surface area contributed by atoms with E-state index in [1.165, 1.54) is 4.68 Å². The van der Waals surface area contributed by atoms with E-state index in [1.54, 1.807) is 20.2 Å². The predicted molar refractivity (Wildman–Crippen MR) is 118 cm³/mol. The van der Waals surface area contributed by atoms with Crippen molar-refractivity contribution < 1.29 is 14.1 Å². The molecule has 0 unspecified atom stereocenters. The first-order chi connectivity index (χ1) is 15.6. The molecule has 164 valence electrons. The van der Waals surface area contributed by atoms with Gasteiger partial charge in [-0.05, 0) is 49.7 Å². The van der Waals surface area contributed by atoms with E-state index in [4.69, 9.17) is 9.26 Å². The minimum absolute atomic E-state index is 0.113. The normalized spacial score (nSPS) is 10.9. The highest BCUT2D eigenvalue weighted by Gasteiger charge is 2.19. The Morgan fingerprint density at radius 2 is 2.00 bits per heavy atom. The molecular weight excluding hydrogens is 410 g/mol. The molecule has 0 spiro atoms. The molecule has 1 amide bonds. The van der Waals surface area contributed by atoms with Crippen molar-refractivity contribution in [1.29, 1.82) is 0 Å². The van der Waals surface area contributed by atoms with E-state index in [0.29, 0.717) is 29.8 Å². The number of fused-ring (bicyclic) bond motifs is 1. The van der Waals surface area contributed by atoms with E-state index in [1.807, 2.05) is 42.5 Å². The van der Waals surface area contributed by atoms with Gasteiger partial charge in [0.25, 0.3) is 5.56 Å². The highest BCUT2D eigenvalue weighted by atomic mass is 16.5. The Kier molecular flexibility index (Phi) is 6.25. The van der Waals surface area contributed by atoms with Crippen LogP contribution in [0.3, 0.4) is 0 Å². The minimum atomic E-state index is -0.344. The molecule has 3 aromatic heterocycles. The number of amides is 1. The van der Waals surface area contributed by atoms with Crippen molar-refractivity contribution in [1.82, 2.24) is 25.2 Å². The van der Waals surface area contributed by atoms with Gasteiger partial charge in [-0.25, -0.2) is 4.68 Å². The molecule has 32 heavy (non-hydrogen) atoms. The highest BCUT2D eigenvalue weighted by molar-refractivity contribution is 5.93. The largest absolute Gasteiger partial charge is 0.497 e. The van der Waals surface area contributed by atoms with Gasteiger partial charge in [-0.1, -0.05) is 11.2 Å². The Bertz CT molecular complexity index is 1280. The van der Waals surface area contributed by atoms with Crippen LogP contribution in [0.4, 0.5) is 0 Å². The number of nitrogens with one attached hydrogen (secondary N) is 1. The van der Waals surface area contributed by atoms with Crippen molar-refractivity contribution in [2.24, 2.45) is 0 Å². The summed E-state index contributed by atoms with van der Waals surface area (Å²) in [5.74, 6) is 1.13. The van der Waals surface area contributed by atoms with E-state index in [2.05, 4.69) is 20.6 Å². The third kappa shape index (κ3) is 4.51. The van der Waals surface area contributed by atoms with Gasteiger partial charge in [-0.15, -0.1) is 0 Å². The van der Waals surface area contributed by atoms with E-state index in [9.17, 15) is 9.59 Å². The summed E-state index contributed by atoms with van der Waals surface area (Å²) in [6.45, 7) is 2.39. The van der Waals surface area contributed by atoms with Crippen LogP contribution in [0, 0.1) is 6.92 Å². The topological polar surface area (TPSA) is 112 Å². The molecule has 0 atom stereocenters. The molecule has 3 heterocycles. The maximum atomic E-state index is 12.9. The maximum Gasteiger partial charge on any atom is 0.296 e. The molecule has 0 aliphatic carbocycles. The van der Waals surface area contributed by atoms with E-state index >= 15 is 0 Å². The average molecular weight is 433 g/mol. The lowest BCUT2D eigenvalue weighted by molar-refractivity contribution is -0.121. The van der Waals surface area contributed by atoms with Gasteiger partial charge in [0.05, 0.1) is 24.7 Å². The highest BCUT2D eigenvalue weighted by Crippen LogP contribution is 2.28. The summed E-state index contributed by atoms with van der Waals surface area (Å²) in [5.41, 5.74) is 2.07. The van der Waals surface area contributed by atoms with Gasteiger partial charge in [-0.3, -0.25) is 14.6 Å². The van der Waals surface area contributed by atoms with Crippen molar-refractivity contribution in [2.75, 3.05) is 7.11 Å². The monoisotopic (exact) mass is 433 g/mol. The molecule has 1 N–H and O–H groups in total. The van der Waals surface area contributed by atoms with Crippen LogP contribution in [0.15, 0.2) is 58.0 Å². The Balaban J connectivity index is 1.50. The van der Waals surface area contributed by atoms with Gasteiger partial charge in [0.2, 0.25) is 5.91 Å². The van der Waals surface area contributed by atoms with E-state index in [0.717, 1.165) is 17.0 Å². The number of aromatic nitrogens is 4. The van der Waals surface area contributed by atoms with Crippen LogP contribution in [-0.4, -0.2) is 32.9 Å². The van der Waals surface area contributed by atoms with Crippen LogP contribution >= 0.6 is 0 Å². The van der Waals surface area contributed by atoms with Crippen LogP contribution in [0.2, 0.25) is 0 Å². The molecule has 1 aromatic carbocycles. The zero-order chi connectivity index (χ0) is 22.5. The third-order valence-corrected chi connectivity index (χ3v) is 5.09. The SMILES string of the molecule is COc1ccc(-c2nn(CCCC(=O)NCc3ccccn3)c(=O)c3noc(C)c23)cc1. The Labute approximate surface area is 184 Å². The number of carbonyl (C=O) groups is 1. The predicted octanol–water partition coefficient (Wildman–Crippen LogP) is 2.86. The number of hydrogen-bond donors (Lipinski definition) is 1. The fraction of sp³-hybridized carbons (Fsp3) is 0.261. The van der Waals surface area contributed by atoms with Crippen LogP contribution < -0.4 is 15.6 Å². The van der Waals surface area contributed by atoms with Gasteiger partial charge in [0.1, 0.15) is 17.2 Å². The average Bonchev–Trinajstić information content (AvgIpc) is 3.22. The van der Waals surface area contributed by atoms with Crippen molar-refractivity contribution in [3.05, 3.63) is 70.5 Å². The number of hydrogen-bond acceptors (Lipinski definition) is 7. The van der Waals surface area contributed by atoms with Crippen LogP contribution in [0.5, 0.6) is 5.75 Å². The second-order valence-electron chi connectivity index (χ2n) is 7.27. The summed E-state index contributed by atoms with van der Waals surface area (Å²) < 4.78 is 11.8. The quantitative estimate of drug-likeness (QED) is 0.455. The first kappa shape index (κ1) is 21.2. The summed E-state index contributed by atoms with van der Waals surface area (Å²) in [6.07, 6.45) is 2.39. The summed E-state index contributed by atoms with van der Waals surface area (Å²) >= 11 is 0. The molecule has 9 heteroatoms. The van der Waals surface area contributed by atoms with Crippen molar-refractivity contribution in [3.63, 3.8) is 0 Å². The maximum absolute atomic E-state index is 12.9. The summed E-state index contributed by atoms with van der Waals surface area (Å²) in [7, 11) is 1.60. The molecule has 4 rings (SSSR count). The smallest absolute Gasteiger partial charge is 0.296 e. The van der Waals surface area contributed by atoms with Gasteiger partial charge in [-0.2, -0.15) is 5.10 Å². The number of methoxy groups -OCH3 is 1. The van der Waals surface area contributed by atoms with Crippen molar-refractivity contribution >= 4 is 16.8 Å². The lowest BCUT2D eigenvalue weighted by Gasteiger charge is -2.10. The Morgan fingerprint density at radius 3 is 2.72 bits per heavy atom. The molecule has 0 saturated heterocycles. The zero-order valence-electron chi connectivity index (χ0n) is 17.9. The van der Waals surface area contributed by atoms with Gasteiger partial charge in [0.15, 0.2) is 5.52 Å². The third-order valence-electron chi connectivity index (χ3n) is 5.09. The number of nitrogens with zero attached hydrogens (tertiary/aromatic N) is 4. The summed E-state index contributed by atoms with van der Waals surface area (Å²) in [5, 5.41) is 11.9. The molecular formula is C23H23N5O4. The molecule has 0 saturated carbocycles. The van der Waals surface area contributed by atoms with Crippen LogP contribution in [-0.2, 0) is 17.9 Å². The molecule has 0 bridgehead atoms. The number of carbonyl (C=O) groups excluding carboxylic acids is 1. The number of benzene rings is 1. The number of ether oxygens (including phenoxy) is 1. The lowest BCUT2D eigenvalue weighted by Crippen LogP contribution is -2.26. The molecule has 0 radical (unpaired) electrons. The van der Waals surface area contributed by atoms with Crippen LogP contribution in [0.1, 0.15) is 24.3 Å². The molecule has 0 aliphatic heterocycles. The molecule has 0 fully saturated rings. The fourth-order valence-corrected chi connectivity index (χ4v) is 3.41. The first-order valence-corrected chi connectivity index (χ1v) is 10.2. The van der Waals surface area contributed by atoms with Gasteiger partial charge >= 0.3 is 0 Å². The van der Waals surface area contributed by atoms with Crippen LogP contribution in [0.25, 0.3) is 22.2 Å². The fourth-order valence-electron chi connectivity index (χ4n) is 3.41. The standard InChI is InChI=1S/C23H23N5O4/c1-15-20-21(16-8-10-18(31-2)11-9-16)26-28(23(30)22(20)27-32-15)13-5-7-19(29)25-14-17-6-3-4-12-24-17/h3-4,6,8-12H,5,7,13-14H2,1-2H3,(H,25,29). The zero-order valence-corrected chi connectivity index (χ0v) is 17.9. The van der Waals surface area contributed by atoms with E-state index in [-0.39, 0.29) is 29.9 Å². The number of rotatable bonds is 8. The second-order valence-corrected chi connectivity index (χ2v) is 7.27. The first-order valence-electron chi connectivity index (χ1n) is 10.2. The Morgan fingerprint density at radius 1 is 1.19 bits per heavy atom. The Hall–Kier alpha value is -4.01. The second kappa shape index (κ2) is 9.42. The summed E-state index contributed by atoms with van der Waals surface area (Å²) in [4.78, 5) is 29.2. The van der Waals surface area contributed by atoms with Gasteiger partial charge in [0, 0.05) is 24.7 Å². The molecule has 4 aromatic rings. The molecule has 9 nitrogen and oxygen atoms in total. The minimum Gasteiger partial charge on any atom is -0.497 e. The lowest BCUT2D eigenvalue weighted by atomic mass is 10.1. The molecule has 0 aliphatic rings. The number of pyridine rings is 1. The van der Waals surface area contributed by atoms with Crippen molar-refractivity contribution in [2.45, 2.75) is 32.9 Å². The summed E-state index contributed by atoms with van der Waals surface area (Å²) in [6, 6.07) is 12.9. The van der Waals surface area contributed by atoms with Gasteiger partial charge < -0.3 is 14.6 Å². The number of aryl methyl sites for hydroxylation is 2.